The van der Waals surface area contributed by atoms with Crippen molar-refractivity contribution in [3.05, 3.63) is 0 Å². The van der Waals surface area contributed by atoms with E-state index in [4.69, 9.17) is 5.11 Å². The van der Waals surface area contributed by atoms with Crippen molar-refractivity contribution in [2.75, 3.05) is 19.7 Å². The molecular weight excluding hydrogens is 257 g/mol. The molecule has 1 N–H and O–H groups in total. The summed E-state index contributed by atoms with van der Waals surface area (Å²) in [5.74, 6) is -3.98. The second kappa shape index (κ2) is 5.23. The number of aliphatic carboxylic acids is 1. The number of halogens is 3. The Kier molecular flexibility index (Phi) is 4.15. The molecule has 6 nitrogen and oxygen atoms in total. The molecule has 0 saturated heterocycles. The lowest BCUT2D eigenvalue weighted by atomic mass is 10.0. The monoisotopic (exact) mass is 268 g/mol. The van der Waals surface area contributed by atoms with Crippen molar-refractivity contribution in [3.8, 4) is 0 Å². The molecule has 1 heterocycles. The zero-order chi connectivity index (χ0) is 13.9. The highest BCUT2D eigenvalue weighted by molar-refractivity contribution is 6.06. The third kappa shape index (κ3) is 3.34. The minimum Gasteiger partial charge on any atom is -0.480 e. The first-order valence-corrected chi connectivity index (χ1v) is 5.04. The topological polar surface area (TPSA) is 79.2 Å². The van der Waals surface area contributed by atoms with Crippen LogP contribution in [0.1, 0.15) is 6.92 Å². The Balaban J connectivity index is 2.89. The standard InChI is InChI=1S/C9H11F3N2O4/c1-2-18-8(17)5-3-14(4-6(15)16)13-7(5)9(10,11)12/h5H,2-4H2,1H3,(H,15,16). The zero-order valence-corrected chi connectivity index (χ0v) is 9.40. The first-order chi connectivity index (χ1) is 8.25. The van der Waals surface area contributed by atoms with E-state index in [1.807, 2.05) is 0 Å². The van der Waals surface area contributed by atoms with Crippen LogP contribution in [0.5, 0.6) is 0 Å². The molecular formula is C9H11F3N2O4. The molecule has 0 aromatic rings. The molecule has 0 aromatic carbocycles. The smallest absolute Gasteiger partial charge is 0.432 e. The number of carboxylic acids is 1. The number of nitrogens with zero attached hydrogens (tertiary/aromatic N) is 2. The van der Waals surface area contributed by atoms with Gasteiger partial charge in [-0.15, -0.1) is 0 Å². The average Bonchev–Trinajstić information content (AvgIpc) is 2.60. The summed E-state index contributed by atoms with van der Waals surface area (Å²) in [5, 5.41) is 12.3. The van der Waals surface area contributed by atoms with Crippen molar-refractivity contribution in [2.24, 2.45) is 11.0 Å². The maximum absolute atomic E-state index is 12.6. The molecule has 1 unspecified atom stereocenters. The number of hydrazone groups is 1. The summed E-state index contributed by atoms with van der Waals surface area (Å²) in [5.41, 5.74) is -1.32. The van der Waals surface area contributed by atoms with Gasteiger partial charge in [0.1, 0.15) is 12.5 Å². The van der Waals surface area contributed by atoms with Gasteiger partial charge in [0.05, 0.1) is 13.2 Å². The van der Waals surface area contributed by atoms with Crippen LogP contribution >= 0.6 is 0 Å². The van der Waals surface area contributed by atoms with E-state index in [1.54, 1.807) is 0 Å². The first-order valence-electron chi connectivity index (χ1n) is 5.04. The fourth-order valence-electron chi connectivity index (χ4n) is 1.50. The second-order valence-corrected chi connectivity index (χ2v) is 3.53. The second-order valence-electron chi connectivity index (χ2n) is 3.53. The van der Waals surface area contributed by atoms with Gasteiger partial charge >= 0.3 is 18.1 Å². The molecule has 18 heavy (non-hydrogen) atoms. The number of carboxylic acid groups (broad SMARTS) is 1. The van der Waals surface area contributed by atoms with E-state index >= 15 is 0 Å². The van der Waals surface area contributed by atoms with Crippen molar-refractivity contribution in [3.63, 3.8) is 0 Å². The number of rotatable bonds is 4. The summed E-state index contributed by atoms with van der Waals surface area (Å²) in [7, 11) is 0. The Morgan fingerprint density at radius 3 is 2.61 bits per heavy atom. The summed E-state index contributed by atoms with van der Waals surface area (Å²) in [6.07, 6.45) is -4.79. The van der Waals surface area contributed by atoms with Crippen molar-refractivity contribution in [1.29, 1.82) is 0 Å². The Hall–Kier alpha value is -1.80. The van der Waals surface area contributed by atoms with E-state index in [9.17, 15) is 22.8 Å². The van der Waals surface area contributed by atoms with Crippen LogP contribution in [0.15, 0.2) is 5.10 Å². The third-order valence-corrected chi connectivity index (χ3v) is 2.15. The minimum absolute atomic E-state index is 0.0561. The van der Waals surface area contributed by atoms with Gasteiger partial charge in [0.15, 0.2) is 5.71 Å². The van der Waals surface area contributed by atoms with Crippen LogP contribution in [0, 0.1) is 5.92 Å². The lowest BCUT2D eigenvalue weighted by Gasteiger charge is -2.13. The number of carbonyl (C=O) groups excluding carboxylic acids is 1. The van der Waals surface area contributed by atoms with E-state index < -0.39 is 42.8 Å². The molecule has 0 aromatic heterocycles. The molecule has 0 spiro atoms. The molecule has 1 aliphatic rings. The summed E-state index contributed by atoms with van der Waals surface area (Å²) in [6, 6.07) is 0. The van der Waals surface area contributed by atoms with Gasteiger partial charge in [-0.2, -0.15) is 18.3 Å². The van der Waals surface area contributed by atoms with Crippen LogP contribution < -0.4 is 0 Å². The number of hydrogen-bond donors (Lipinski definition) is 1. The van der Waals surface area contributed by atoms with E-state index in [0.717, 1.165) is 0 Å². The SMILES string of the molecule is CCOC(=O)C1CN(CC(=O)O)N=C1C(F)(F)F. The lowest BCUT2D eigenvalue weighted by Crippen LogP contribution is -2.36. The van der Waals surface area contributed by atoms with Gasteiger partial charge in [-0.25, -0.2) is 0 Å². The highest BCUT2D eigenvalue weighted by atomic mass is 19.4. The van der Waals surface area contributed by atoms with Crippen molar-refractivity contribution < 1.29 is 32.6 Å². The fraction of sp³-hybridized carbons (Fsp3) is 0.667. The maximum Gasteiger partial charge on any atom is 0.432 e. The molecule has 0 aliphatic carbocycles. The summed E-state index contributed by atoms with van der Waals surface area (Å²) < 4.78 is 42.3. The van der Waals surface area contributed by atoms with Crippen molar-refractivity contribution in [1.82, 2.24) is 5.01 Å². The number of ether oxygens (including phenoxy) is 1. The number of esters is 1. The van der Waals surface area contributed by atoms with Crippen LogP contribution in [-0.4, -0.2) is 53.6 Å². The molecule has 0 bridgehead atoms. The van der Waals surface area contributed by atoms with Crippen LogP contribution in [-0.2, 0) is 14.3 Å². The summed E-state index contributed by atoms with van der Waals surface area (Å²) in [6.45, 7) is 0.265. The predicted octanol–water partition coefficient (Wildman–Crippen LogP) is 0.484. The van der Waals surface area contributed by atoms with E-state index in [0.29, 0.717) is 5.01 Å². The molecule has 0 amide bonds. The number of alkyl halides is 3. The van der Waals surface area contributed by atoms with Crippen molar-refractivity contribution >= 4 is 17.7 Å². The van der Waals surface area contributed by atoms with Gasteiger partial charge in [0.25, 0.3) is 0 Å². The first kappa shape index (κ1) is 14.3. The molecule has 0 fully saturated rings. The number of carbonyl (C=O) groups is 2. The van der Waals surface area contributed by atoms with Crippen molar-refractivity contribution in [2.45, 2.75) is 13.1 Å². The van der Waals surface area contributed by atoms with E-state index in [2.05, 4.69) is 9.84 Å². The van der Waals surface area contributed by atoms with Gasteiger partial charge in [-0.1, -0.05) is 0 Å². The molecule has 1 aliphatic heterocycles. The van der Waals surface area contributed by atoms with Gasteiger partial charge < -0.3 is 9.84 Å². The zero-order valence-electron chi connectivity index (χ0n) is 9.40. The van der Waals surface area contributed by atoms with Crippen LogP contribution in [0.4, 0.5) is 13.2 Å². The van der Waals surface area contributed by atoms with E-state index in [1.165, 1.54) is 6.92 Å². The fourth-order valence-corrected chi connectivity index (χ4v) is 1.50. The minimum atomic E-state index is -4.79. The Morgan fingerprint density at radius 1 is 1.56 bits per heavy atom. The van der Waals surface area contributed by atoms with Crippen LogP contribution in [0.2, 0.25) is 0 Å². The third-order valence-electron chi connectivity index (χ3n) is 2.15. The highest BCUT2D eigenvalue weighted by Crippen LogP contribution is 2.28. The van der Waals surface area contributed by atoms with E-state index in [-0.39, 0.29) is 6.61 Å². The number of hydrogen-bond acceptors (Lipinski definition) is 5. The quantitative estimate of drug-likeness (QED) is 0.750. The summed E-state index contributed by atoms with van der Waals surface area (Å²) in [4.78, 5) is 21.8. The molecule has 0 radical (unpaired) electrons. The van der Waals surface area contributed by atoms with Gasteiger partial charge in [0, 0.05) is 0 Å². The predicted molar refractivity (Wildman–Crippen MR) is 52.8 cm³/mol. The van der Waals surface area contributed by atoms with Gasteiger partial charge in [0.2, 0.25) is 0 Å². The Labute approximate surface area is 100 Å². The maximum atomic E-state index is 12.6. The normalized spacial score (nSPS) is 19.7. The molecule has 9 heteroatoms. The van der Waals surface area contributed by atoms with Gasteiger partial charge in [-0.05, 0) is 6.92 Å². The molecule has 1 atom stereocenters. The Morgan fingerprint density at radius 2 is 2.17 bits per heavy atom. The summed E-state index contributed by atoms with van der Waals surface area (Å²) >= 11 is 0. The Bertz CT molecular complexity index is 380. The molecule has 1 rings (SSSR count). The lowest BCUT2D eigenvalue weighted by molar-refractivity contribution is -0.147. The largest absolute Gasteiger partial charge is 0.480 e. The molecule has 102 valence electrons. The average molecular weight is 268 g/mol. The van der Waals surface area contributed by atoms with Crippen LogP contribution in [0.3, 0.4) is 0 Å². The van der Waals surface area contributed by atoms with Crippen LogP contribution in [0.25, 0.3) is 0 Å². The molecule has 0 saturated carbocycles. The van der Waals surface area contributed by atoms with Gasteiger partial charge in [-0.3, -0.25) is 14.6 Å². The highest BCUT2D eigenvalue weighted by Gasteiger charge is 2.49.